The predicted octanol–water partition coefficient (Wildman–Crippen LogP) is 1.79. The SMILES string of the molecule is COc1cc(F)c(C(=O)N2CC[C@@H](N)C[C@@H]2C)cc1OC. The van der Waals surface area contributed by atoms with E-state index in [0.717, 1.165) is 12.8 Å². The van der Waals surface area contributed by atoms with E-state index in [0.29, 0.717) is 12.3 Å². The van der Waals surface area contributed by atoms with Crippen molar-refractivity contribution < 1.29 is 18.7 Å². The number of ether oxygens (including phenoxy) is 2. The van der Waals surface area contributed by atoms with Gasteiger partial charge in [-0.05, 0) is 25.8 Å². The molecule has 0 aromatic heterocycles. The predicted molar refractivity (Wildman–Crippen MR) is 77.2 cm³/mol. The molecule has 1 amide bonds. The van der Waals surface area contributed by atoms with Crippen LogP contribution >= 0.6 is 0 Å². The third-order valence-electron chi connectivity index (χ3n) is 3.88. The lowest BCUT2D eigenvalue weighted by Crippen LogP contribution is -2.48. The highest BCUT2D eigenvalue weighted by molar-refractivity contribution is 5.95. The summed E-state index contributed by atoms with van der Waals surface area (Å²) in [5, 5.41) is 0. The number of piperidine rings is 1. The van der Waals surface area contributed by atoms with E-state index in [4.69, 9.17) is 15.2 Å². The standard InChI is InChI=1S/C15H21FN2O3/c1-9-6-10(17)4-5-18(9)15(19)11-7-13(20-2)14(21-3)8-12(11)16/h7-10H,4-6,17H2,1-3H3/t9-,10+/m0/s1. The van der Waals surface area contributed by atoms with Gasteiger partial charge in [-0.15, -0.1) is 0 Å². The average molecular weight is 296 g/mol. The van der Waals surface area contributed by atoms with Gasteiger partial charge in [0.2, 0.25) is 0 Å². The Hall–Kier alpha value is -1.82. The quantitative estimate of drug-likeness (QED) is 0.923. The first-order valence-electron chi connectivity index (χ1n) is 6.96. The second kappa shape index (κ2) is 6.30. The molecule has 0 unspecified atom stereocenters. The average Bonchev–Trinajstić information content (AvgIpc) is 2.46. The summed E-state index contributed by atoms with van der Waals surface area (Å²) in [7, 11) is 2.87. The van der Waals surface area contributed by atoms with Crippen LogP contribution in [0.1, 0.15) is 30.1 Å². The summed E-state index contributed by atoms with van der Waals surface area (Å²) in [4.78, 5) is 14.2. The van der Waals surface area contributed by atoms with Crippen molar-refractivity contribution in [1.82, 2.24) is 4.90 Å². The second-order valence-electron chi connectivity index (χ2n) is 5.32. The van der Waals surface area contributed by atoms with Crippen molar-refractivity contribution in [3.05, 3.63) is 23.5 Å². The largest absolute Gasteiger partial charge is 0.493 e. The summed E-state index contributed by atoms with van der Waals surface area (Å²) in [6, 6.07) is 2.65. The van der Waals surface area contributed by atoms with Crippen LogP contribution in [0.15, 0.2) is 12.1 Å². The minimum absolute atomic E-state index is 0.00466. The Morgan fingerprint density at radius 3 is 2.52 bits per heavy atom. The summed E-state index contributed by atoms with van der Waals surface area (Å²) in [6.45, 7) is 2.46. The number of nitrogens with zero attached hydrogens (tertiary/aromatic N) is 1. The van der Waals surface area contributed by atoms with Crippen molar-refractivity contribution in [2.75, 3.05) is 20.8 Å². The van der Waals surface area contributed by atoms with Gasteiger partial charge >= 0.3 is 0 Å². The molecule has 1 aliphatic rings. The smallest absolute Gasteiger partial charge is 0.257 e. The van der Waals surface area contributed by atoms with Crippen molar-refractivity contribution in [2.45, 2.75) is 31.8 Å². The number of hydrogen-bond donors (Lipinski definition) is 1. The molecule has 0 radical (unpaired) electrons. The van der Waals surface area contributed by atoms with Crippen LogP contribution in [0.5, 0.6) is 11.5 Å². The summed E-state index contributed by atoms with van der Waals surface area (Å²) >= 11 is 0. The van der Waals surface area contributed by atoms with E-state index in [9.17, 15) is 9.18 Å². The maximum atomic E-state index is 14.2. The number of halogens is 1. The summed E-state index contributed by atoms with van der Waals surface area (Å²) in [6.07, 6.45) is 1.45. The number of amides is 1. The Morgan fingerprint density at radius 2 is 1.95 bits per heavy atom. The molecule has 2 N–H and O–H groups in total. The topological polar surface area (TPSA) is 64.8 Å². The molecule has 0 spiro atoms. The van der Waals surface area contributed by atoms with Crippen LogP contribution in [0.3, 0.4) is 0 Å². The van der Waals surface area contributed by atoms with E-state index in [-0.39, 0.29) is 29.3 Å². The Labute approximate surface area is 123 Å². The molecule has 1 saturated heterocycles. The Bertz CT molecular complexity index is 536. The van der Waals surface area contributed by atoms with Crippen molar-refractivity contribution in [3.8, 4) is 11.5 Å². The van der Waals surface area contributed by atoms with Gasteiger partial charge in [-0.25, -0.2) is 4.39 Å². The van der Waals surface area contributed by atoms with E-state index < -0.39 is 5.82 Å². The first-order valence-corrected chi connectivity index (χ1v) is 6.96. The van der Waals surface area contributed by atoms with Crippen LogP contribution in [0.2, 0.25) is 0 Å². The molecule has 0 bridgehead atoms. The van der Waals surface area contributed by atoms with Crippen LogP contribution in [0, 0.1) is 5.82 Å². The van der Waals surface area contributed by atoms with Crippen molar-refractivity contribution >= 4 is 5.91 Å². The van der Waals surface area contributed by atoms with Gasteiger partial charge in [-0.3, -0.25) is 4.79 Å². The number of benzene rings is 1. The number of likely N-dealkylation sites (tertiary alicyclic amines) is 1. The molecule has 2 atom stereocenters. The molecule has 1 fully saturated rings. The highest BCUT2D eigenvalue weighted by atomic mass is 19.1. The third-order valence-corrected chi connectivity index (χ3v) is 3.88. The van der Waals surface area contributed by atoms with Gasteiger partial charge in [0.1, 0.15) is 5.82 Å². The number of hydrogen-bond acceptors (Lipinski definition) is 4. The summed E-state index contributed by atoms with van der Waals surface area (Å²) in [5.74, 6) is -0.351. The number of rotatable bonds is 3. The molecule has 0 saturated carbocycles. The zero-order chi connectivity index (χ0) is 15.6. The fourth-order valence-electron chi connectivity index (χ4n) is 2.68. The molecule has 5 nitrogen and oxygen atoms in total. The van der Waals surface area contributed by atoms with E-state index in [1.807, 2.05) is 6.92 Å². The Morgan fingerprint density at radius 1 is 1.33 bits per heavy atom. The van der Waals surface area contributed by atoms with Gasteiger partial charge in [-0.1, -0.05) is 0 Å². The van der Waals surface area contributed by atoms with Gasteiger partial charge in [0, 0.05) is 24.7 Å². The summed E-state index contributed by atoms with van der Waals surface area (Å²) < 4.78 is 24.3. The lowest BCUT2D eigenvalue weighted by Gasteiger charge is -2.36. The van der Waals surface area contributed by atoms with Gasteiger partial charge in [-0.2, -0.15) is 0 Å². The number of nitrogens with two attached hydrogens (primary N) is 1. The van der Waals surface area contributed by atoms with E-state index >= 15 is 0 Å². The number of carbonyl (C=O) groups is 1. The van der Waals surface area contributed by atoms with Crippen LogP contribution in [0.25, 0.3) is 0 Å². The molecule has 116 valence electrons. The monoisotopic (exact) mass is 296 g/mol. The van der Waals surface area contributed by atoms with E-state index in [1.54, 1.807) is 4.90 Å². The van der Waals surface area contributed by atoms with Crippen LogP contribution < -0.4 is 15.2 Å². The minimum Gasteiger partial charge on any atom is -0.493 e. The number of carbonyl (C=O) groups excluding carboxylic acids is 1. The fraction of sp³-hybridized carbons (Fsp3) is 0.533. The molecule has 0 aliphatic carbocycles. The van der Waals surface area contributed by atoms with E-state index in [1.165, 1.54) is 26.4 Å². The lowest BCUT2D eigenvalue weighted by atomic mass is 9.98. The van der Waals surface area contributed by atoms with Gasteiger partial charge in [0.05, 0.1) is 19.8 Å². The lowest BCUT2D eigenvalue weighted by molar-refractivity contribution is 0.0614. The first kappa shape index (κ1) is 15.6. The van der Waals surface area contributed by atoms with Gasteiger partial charge in [0.15, 0.2) is 11.5 Å². The highest BCUT2D eigenvalue weighted by Gasteiger charge is 2.30. The molecule has 1 aromatic rings. The van der Waals surface area contributed by atoms with E-state index in [2.05, 4.69) is 0 Å². The second-order valence-corrected chi connectivity index (χ2v) is 5.32. The normalized spacial score (nSPS) is 22.0. The van der Waals surface area contributed by atoms with Crippen LogP contribution in [-0.4, -0.2) is 43.7 Å². The van der Waals surface area contributed by atoms with Gasteiger partial charge < -0.3 is 20.1 Å². The molecule has 1 aromatic carbocycles. The van der Waals surface area contributed by atoms with Crippen molar-refractivity contribution in [2.24, 2.45) is 5.73 Å². The Kier molecular flexibility index (Phi) is 4.67. The molecule has 21 heavy (non-hydrogen) atoms. The molecule has 1 aliphatic heterocycles. The zero-order valence-electron chi connectivity index (χ0n) is 12.6. The minimum atomic E-state index is -0.611. The van der Waals surface area contributed by atoms with Crippen molar-refractivity contribution in [3.63, 3.8) is 0 Å². The maximum absolute atomic E-state index is 14.2. The van der Waals surface area contributed by atoms with Crippen LogP contribution in [-0.2, 0) is 0 Å². The Balaban J connectivity index is 2.30. The molecular formula is C15H21FN2O3. The molecule has 6 heteroatoms. The molecule has 1 heterocycles. The van der Waals surface area contributed by atoms with Crippen molar-refractivity contribution in [1.29, 1.82) is 0 Å². The number of methoxy groups -OCH3 is 2. The van der Waals surface area contributed by atoms with Crippen LogP contribution in [0.4, 0.5) is 4.39 Å². The van der Waals surface area contributed by atoms with Gasteiger partial charge in [0.25, 0.3) is 5.91 Å². The maximum Gasteiger partial charge on any atom is 0.257 e. The molecule has 2 rings (SSSR count). The zero-order valence-corrected chi connectivity index (χ0v) is 12.6. The first-order chi connectivity index (χ1) is 9.97. The highest BCUT2D eigenvalue weighted by Crippen LogP contribution is 2.31. The molecular weight excluding hydrogens is 275 g/mol. The fourth-order valence-corrected chi connectivity index (χ4v) is 2.68. The third kappa shape index (κ3) is 3.10. The summed E-state index contributed by atoms with van der Waals surface area (Å²) in [5.41, 5.74) is 5.89.